The summed E-state index contributed by atoms with van der Waals surface area (Å²) in [5, 5.41) is 2.02. The van der Waals surface area contributed by atoms with Crippen molar-refractivity contribution in [2.24, 2.45) is 0 Å². The van der Waals surface area contributed by atoms with Crippen molar-refractivity contribution in [1.82, 2.24) is 20.2 Å². The predicted octanol–water partition coefficient (Wildman–Crippen LogP) is 6.40. The minimum atomic E-state index is -5.05. The van der Waals surface area contributed by atoms with E-state index in [1.54, 1.807) is 12.1 Å². The Labute approximate surface area is 252 Å². The summed E-state index contributed by atoms with van der Waals surface area (Å²) >= 11 is 0. The van der Waals surface area contributed by atoms with E-state index in [0.717, 1.165) is 38.0 Å². The van der Waals surface area contributed by atoms with Crippen LogP contribution in [0.5, 0.6) is 5.75 Å². The molecule has 0 radical (unpaired) electrons. The third-order valence-corrected chi connectivity index (χ3v) is 8.19. The number of methoxy groups -OCH3 is 1. The molecule has 2 saturated heterocycles. The molecule has 6 nitrogen and oxygen atoms in total. The molecule has 236 valence electrons. The molecule has 0 bridgehead atoms. The Morgan fingerprint density at radius 2 is 1.45 bits per heavy atom. The lowest BCUT2D eigenvalue weighted by Gasteiger charge is -2.44. The molecule has 3 aromatic carbocycles. The molecule has 1 N–H and O–H groups in total. The van der Waals surface area contributed by atoms with Gasteiger partial charge in [0.2, 0.25) is 0 Å². The fourth-order valence-electron chi connectivity index (χ4n) is 5.89. The Hall–Kier alpha value is -3.61. The highest BCUT2D eigenvalue weighted by Gasteiger charge is 2.39. The number of nitrogens with zero attached hydrogens (tertiary/aromatic N) is 3. The lowest BCUT2D eigenvalue weighted by molar-refractivity contribution is -0.143. The van der Waals surface area contributed by atoms with Crippen LogP contribution in [0, 0.1) is 0 Å². The summed E-state index contributed by atoms with van der Waals surface area (Å²) in [6.07, 6.45) is -8.32. The number of halogens is 6. The van der Waals surface area contributed by atoms with Gasteiger partial charge in [0, 0.05) is 56.4 Å². The van der Waals surface area contributed by atoms with Gasteiger partial charge < -0.3 is 9.64 Å². The van der Waals surface area contributed by atoms with Crippen LogP contribution in [0.3, 0.4) is 0 Å². The second kappa shape index (κ2) is 13.2. The summed E-state index contributed by atoms with van der Waals surface area (Å²) in [5.74, 6) is -0.329. The van der Waals surface area contributed by atoms with Crippen molar-refractivity contribution < 1.29 is 35.9 Å². The fraction of sp³-hybridized carbons (Fsp3) is 0.406. The van der Waals surface area contributed by atoms with Gasteiger partial charge in [-0.05, 0) is 42.7 Å². The van der Waals surface area contributed by atoms with Gasteiger partial charge in [0.25, 0.3) is 5.91 Å². The molecule has 1 unspecified atom stereocenters. The first-order valence-electron chi connectivity index (χ1n) is 14.4. The number of rotatable bonds is 7. The van der Waals surface area contributed by atoms with Crippen LogP contribution in [-0.2, 0) is 18.9 Å². The zero-order valence-corrected chi connectivity index (χ0v) is 24.2. The van der Waals surface area contributed by atoms with E-state index in [4.69, 9.17) is 4.74 Å². The second-order valence-electron chi connectivity index (χ2n) is 11.2. The summed E-state index contributed by atoms with van der Waals surface area (Å²) in [7, 11) is 1.52. The maximum absolute atomic E-state index is 13.5. The van der Waals surface area contributed by atoms with Gasteiger partial charge in [-0.3, -0.25) is 15.1 Å². The van der Waals surface area contributed by atoms with Crippen molar-refractivity contribution in [2.45, 2.75) is 43.8 Å². The van der Waals surface area contributed by atoms with E-state index < -0.39 is 41.0 Å². The van der Waals surface area contributed by atoms with Crippen molar-refractivity contribution in [3.63, 3.8) is 0 Å². The van der Waals surface area contributed by atoms with Gasteiger partial charge in [-0.15, -0.1) is 0 Å². The summed E-state index contributed by atoms with van der Waals surface area (Å²) < 4.78 is 86.5. The molecule has 0 aromatic heterocycles. The summed E-state index contributed by atoms with van der Waals surface area (Å²) in [6.45, 7) is 3.11. The molecule has 12 heteroatoms. The number of alkyl halides is 6. The number of likely N-dealkylation sites (tertiary alicyclic amines) is 1. The minimum absolute atomic E-state index is 0.0292. The quantitative estimate of drug-likeness (QED) is 0.310. The third kappa shape index (κ3) is 7.54. The van der Waals surface area contributed by atoms with E-state index in [1.165, 1.54) is 17.6 Å². The molecule has 0 spiro atoms. The number of hydrogen-bond acceptors (Lipinski definition) is 5. The molecule has 1 amide bonds. The average Bonchev–Trinajstić information content (AvgIpc) is 3.01. The topological polar surface area (TPSA) is 48.1 Å². The lowest BCUT2D eigenvalue weighted by atomic mass is 9.99. The smallest absolute Gasteiger partial charge is 0.416 e. The van der Waals surface area contributed by atoms with E-state index in [2.05, 4.69) is 22.5 Å². The number of piperidine rings is 1. The number of piperazine rings is 1. The zero-order valence-electron chi connectivity index (χ0n) is 24.2. The Balaban J connectivity index is 1.34. The van der Waals surface area contributed by atoms with Crippen LogP contribution in [0.25, 0.3) is 0 Å². The maximum atomic E-state index is 13.5. The van der Waals surface area contributed by atoms with Crippen LogP contribution < -0.4 is 10.2 Å². The largest absolute Gasteiger partial charge is 0.496 e. The monoisotopic (exact) mass is 620 g/mol. The van der Waals surface area contributed by atoms with Crippen molar-refractivity contribution in [2.75, 3.05) is 39.8 Å². The number of amides is 1. The molecule has 0 saturated carbocycles. The van der Waals surface area contributed by atoms with Gasteiger partial charge in [0.15, 0.2) is 0 Å². The van der Waals surface area contributed by atoms with E-state index in [9.17, 15) is 31.1 Å². The Kier molecular flexibility index (Phi) is 9.52. The van der Waals surface area contributed by atoms with Gasteiger partial charge in [-0.2, -0.15) is 26.3 Å². The molecule has 44 heavy (non-hydrogen) atoms. The summed E-state index contributed by atoms with van der Waals surface area (Å²) in [4.78, 5) is 17.2. The van der Waals surface area contributed by atoms with Gasteiger partial charge in [0.05, 0.1) is 24.3 Å². The van der Waals surface area contributed by atoms with Gasteiger partial charge >= 0.3 is 12.4 Å². The first-order valence-corrected chi connectivity index (χ1v) is 14.4. The van der Waals surface area contributed by atoms with E-state index >= 15 is 0 Å². The molecule has 2 fully saturated rings. The van der Waals surface area contributed by atoms with Crippen molar-refractivity contribution in [1.29, 1.82) is 0 Å². The van der Waals surface area contributed by atoms with Crippen LogP contribution in [0.15, 0.2) is 72.8 Å². The Morgan fingerprint density at radius 1 is 0.841 bits per heavy atom. The number of carbonyl (C=O) groups excluding carboxylic acids is 1. The van der Waals surface area contributed by atoms with Crippen molar-refractivity contribution >= 4 is 5.91 Å². The minimum Gasteiger partial charge on any atom is -0.496 e. The molecular formula is C32H34F6N4O2. The fourth-order valence-corrected chi connectivity index (χ4v) is 5.89. The molecular weight excluding hydrogens is 586 g/mol. The van der Waals surface area contributed by atoms with Crippen LogP contribution in [0.4, 0.5) is 26.3 Å². The SMILES string of the molecule is COc1ccccc1C1CN(C(=O)c2cc(C(F)(F)F)cc(C(F)(F)F)c2)CCN1NC1CCN(Cc2ccccc2)CC1. The number of ether oxygens (including phenoxy) is 1. The zero-order chi connectivity index (χ0) is 31.5. The van der Waals surface area contributed by atoms with E-state index in [-0.39, 0.29) is 25.2 Å². The first kappa shape index (κ1) is 31.8. The molecule has 2 heterocycles. The van der Waals surface area contributed by atoms with E-state index in [1.807, 2.05) is 35.3 Å². The Bertz CT molecular complexity index is 1390. The number of carbonyl (C=O) groups is 1. The van der Waals surface area contributed by atoms with Gasteiger partial charge in [-0.25, -0.2) is 5.01 Å². The van der Waals surface area contributed by atoms with Crippen LogP contribution in [0.2, 0.25) is 0 Å². The highest BCUT2D eigenvalue weighted by molar-refractivity contribution is 5.95. The van der Waals surface area contributed by atoms with Gasteiger partial charge in [-0.1, -0.05) is 48.5 Å². The average molecular weight is 621 g/mol. The van der Waals surface area contributed by atoms with Crippen LogP contribution in [-0.4, -0.2) is 66.6 Å². The lowest BCUT2D eigenvalue weighted by Crippen LogP contribution is -2.58. The highest BCUT2D eigenvalue weighted by atomic mass is 19.4. The summed E-state index contributed by atoms with van der Waals surface area (Å²) in [5.41, 5.74) is 1.93. The summed E-state index contributed by atoms with van der Waals surface area (Å²) in [6, 6.07) is 18.2. The number of hydrazine groups is 1. The van der Waals surface area contributed by atoms with Gasteiger partial charge in [0.1, 0.15) is 5.75 Å². The molecule has 1 atom stereocenters. The predicted molar refractivity (Wildman–Crippen MR) is 153 cm³/mol. The number of benzene rings is 3. The van der Waals surface area contributed by atoms with Crippen molar-refractivity contribution in [3.8, 4) is 5.75 Å². The molecule has 2 aliphatic rings. The van der Waals surface area contributed by atoms with Crippen molar-refractivity contribution in [3.05, 3.63) is 101 Å². The number of nitrogens with one attached hydrogen (secondary N) is 1. The molecule has 0 aliphatic carbocycles. The normalized spacial score (nSPS) is 19.2. The number of hydrogen-bond donors (Lipinski definition) is 1. The maximum Gasteiger partial charge on any atom is 0.416 e. The molecule has 2 aliphatic heterocycles. The third-order valence-electron chi connectivity index (χ3n) is 8.19. The Morgan fingerprint density at radius 3 is 2.07 bits per heavy atom. The first-order chi connectivity index (χ1) is 20.9. The standard InChI is InChI=1S/C32H34F6N4O2/c1-44-29-10-6-5-9-27(29)28-21-41(30(43)23-17-24(31(33,34)35)19-25(18-23)32(36,37)38)15-16-42(28)39-26-11-13-40(14-12-26)20-22-7-3-2-4-8-22/h2-10,17-19,26,28,39H,11-16,20-21H2,1H3. The van der Waals surface area contributed by atoms with Crippen LogP contribution >= 0.6 is 0 Å². The molecule has 5 rings (SSSR count). The van der Waals surface area contributed by atoms with E-state index in [0.29, 0.717) is 24.4 Å². The number of para-hydroxylation sites is 1. The molecule has 3 aromatic rings. The second-order valence-corrected chi connectivity index (χ2v) is 11.2. The van der Waals surface area contributed by atoms with Crippen LogP contribution in [0.1, 0.15) is 51.5 Å². The highest BCUT2D eigenvalue weighted by Crippen LogP contribution is 2.37.